The Morgan fingerprint density at radius 3 is 2.23 bits per heavy atom. The fourth-order valence-electron chi connectivity index (χ4n) is 2.78. The van der Waals surface area contributed by atoms with Gasteiger partial charge in [0.1, 0.15) is 12.6 Å². The first-order valence-corrected chi connectivity index (χ1v) is 9.92. The molecule has 0 heterocycles. The molecule has 0 aliphatic carbocycles. The maximum Gasteiger partial charge on any atom is 0.251 e. The van der Waals surface area contributed by atoms with E-state index in [0.717, 1.165) is 0 Å². The maximum absolute atomic E-state index is 12.9. The Hall–Kier alpha value is -2.90. The highest BCUT2D eigenvalue weighted by atomic mass is 35.5. The molecule has 2 rings (SSSR count). The molecule has 0 spiro atoms. The fourth-order valence-corrected chi connectivity index (χ4v) is 2.90. The van der Waals surface area contributed by atoms with Gasteiger partial charge in [0.15, 0.2) is 0 Å². The van der Waals surface area contributed by atoms with Crippen LogP contribution in [0.2, 0.25) is 5.02 Å². The van der Waals surface area contributed by atoms with Gasteiger partial charge in [0.05, 0.1) is 0 Å². The summed E-state index contributed by atoms with van der Waals surface area (Å²) in [5, 5.41) is 8.80. The van der Waals surface area contributed by atoms with Crippen molar-refractivity contribution >= 4 is 40.7 Å². The highest BCUT2D eigenvalue weighted by molar-refractivity contribution is 6.30. The lowest BCUT2D eigenvalue weighted by Crippen LogP contribution is -2.44. The molecule has 8 heteroatoms. The largest absolute Gasteiger partial charge is 0.375 e. The number of nitrogens with one attached hydrogen (secondary N) is 3. The van der Waals surface area contributed by atoms with Gasteiger partial charge in [-0.05, 0) is 54.8 Å². The van der Waals surface area contributed by atoms with E-state index >= 15 is 0 Å². The van der Waals surface area contributed by atoms with Crippen molar-refractivity contribution in [3.8, 4) is 0 Å². The summed E-state index contributed by atoms with van der Waals surface area (Å²) in [6.07, 6.45) is 0.468. The Labute approximate surface area is 181 Å². The van der Waals surface area contributed by atoms with Gasteiger partial charge in [-0.3, -0.25) is 14.4 Å². The van der Waals surface area contributed by atoms with Crippen molar-refractivity contribution in [3.05, 3.63) is 59.1 Å². The number of rotatable bonds is 9. The Kier molecular flexibility index (Phi) is 8.83. The average Bonchev–Trinajstić information content (AvgIpc) is 2.68. The van der Waals surface area contributed by atoms with Crippen molar-refractivity contribution < 1.29 is 19.1 Å². The number of halogens is 1. The fraction of sp³-hybridized carbons (Fsp3) is 0.318. The molecular weight excluding hydrogens is 406 g/mol. The van der Waals surface area contributed by atoms with E-state index in [2.05, 4.69) is 16.0 Å². The highest BCUT2D eigenvalue weighted by Gasteiger charge is 2.23. The first-order valence-electron chi connectivity index (χ1n) is 9.54. The van der Waals surface area contributed by atoms with Gasteiger partial charge < -0.3 is 20.7 Å². The third kappa shape index (κ3) is 7.50. The molecule has 0 aliphatic rings. The number of benzene rings is 2. The van der Waals surface area contributed by atoms with Gasteiger partial charge >= 0.3 is 0 Å². The van der Waals surface area contributed by atoms with E-state index in [4.69, 9.17) is 16.3 Å². The lowest BCUT2D eigenvalue weighted by atomic mass is 10.0. The number of ether oxygens (including phenoxy) is 1. The monoisotopic (exact) mass is 431 g/mol. The van der Waals surface area contributed by atoms with E-state index < -0.39 is 6.04 Å². The first-order chi connectivity index (χ1) is 14.3. The molecule has 30 heavy (non-hydrogen) atoms. The molecule has 3 N–H and O–H groups in total. The number of hydrogen-bond acceptors (Lipinski definition) is 4. The van der Waals surface area contributed by atoms with Crippen LogP contribution in [-0.2, 0) is 14.3 Å². The van der Waals surface area contributed by atoms with Crippen molar-refractivity contribution in [1.29, 1.82) is 0 Å². The first kappa shape index (κ1) is 23.4. The average molecular weight is 432 g/mol. The molecule has 0 aliphatic heterocycles. The molecule has 0 fully saturated rings. The molecule has 0 saturated carbocycles. The second-order valence-corrected chi connectivity index (χ2v) is 7.65. The molecule has 1 atom stereocenters. The molecule has 2 aromatic rings. The summed E-state index contributed by atoms with van der Waals surface area (Å²) < 4.78 is 4.79. The molecule has 0 saturated heterocycles. The van der Waals surface area contributed by atoms with Gasteiger partial charge in [-0.2, -0.15) is 0 Å². The Morgan fingerprint density at radius 1 is 1.00 bits per heavy atom. The van der Waals surface area contributed by atoms with Crippen molar-refractivity contribution in [2.45, 2.75) is 26.3 Å². The smallest absolute Gasteiger partial charge is 0.251 e. The number of carbonyl (C=O) groups is 3. The van der Waals surface area contributed by atoms with Crippen molar-refractivity contribution in [1.82, 2.24) is 5.32 Å². The van der Waals surface area contributed by atoms with Crippen LogP contribution in [0.1, 0.15) is 30.6 Å². The topological polar surface area (TPSA) is 96.5 Å². The minimum atomic E-state index is -0.722. The molecule has 0 radical (unpaired) electrons. The van der Waals surface area contributed by atoms with Crippen molar-refractivity contribution in [3.63, 3.8) is 0 Å². The summed E-state index contributed by atoms with van der Waals surface area (Å²) >= 11 is 5.86. The van der Waals surface area contributed by atoms with Crippen LogP contribution in [0.4, 0.5) is 11.4 Å². The zero-order valence-corrected chi connectivity index (χ0v) is 18.0. The standard InChI is InChI=1S/C22H26ClN3O4/c1-14(2)11-19(26-21(28)15-7-9-16(23)10-8-15)22(29)25-18-6-4-5-17(12-18)24-20(27)13-30-3/h4-10,12,14,19H,11,13H2,1-3H3,(H,24,27)(H,25,29)(H,26,28). The van der Waals surface area contributed by atoms with E-state index in [0.29, 0.717) is 28.4 Å². The van der Waals surface area contributed by atoms with E-state index in [1.807, 2.05) is 13.8 Å². The Bertz CT molecular complexity index is 884. The number of hydrogen-bond donors (Lipinski definition) is 3. The summed E-state index contributed by atoms with van der Waals surface area (Å²) in [5.74, 6) is -0.806. The number of methoxy groups -OCH3 is 1. The lowest BCUT2D eigenvalue weighted by Gasteiger charge is -2.20. The normalized spacial score (nSPS) is 11.6. The molecule has 1 unspecified atom stereocenters. The third-order valence-electron chi connectivity index (χ3n) is 4.12. The molecule has 160 valence electrons. The van der Waals surface area contributed by atoms with Crippen LogP contribution in [0.5, 0.6) is 0 Å². The molecule has 2 aromatic carbocycles. The minimum absolute atomic E-state index is 0.0657. The number of anilines is 2. The number of amides is 3. The van der Waals surface area contributed by atoms with Crippen LogP contribution in [0.25, 0.3) is 0 Å². The zero-order valence-electron chi connectivity index (χ0n) is 17.2. The second-order valence-electron chi connectivity index (χ2n) is 7.21. The lowest BCUT2D eigenvalue weighted by molar-refractivity contribution is -0.119. The van der Waals surface area contributed by atoms with Crippen LogP contribution in [0.3, 0.4) is 0 Å². The van der Waals surface area contributed by atoms with Crippen LogP contribution in [0.15, 0.2) is 48.5 Å². The molecule has 0 aromatic heterocycles. The van der Waals surface area contributed by atoms with Crippen molar-refractivity contribution in [2.75, 3.05) is 24.4 Å². The third-order valence-corrected chi connectivity index (χ3v) is 4.38. The van der Waals surface area contributed by atoms with E-state index in [-0.39, 0.29) is 30.2 Å². The van der Waals surface area contributed by atoms with Gasteiger partial charge in [0.25, 0.3) is 5.91 Å². The van der Waals surface area contributed by atoms with Gasteiger partial charge in [-0.1, -0.05) is 31.5 Å². The zero-order chi connectivity index (χ0) is 22.1. The molecule has 3 amide bonds. The van der Waals surface area contributed by atoms with Crippen molar-refractivity contribution in [2.24, 2.45) is 5.92 Å². The SMILES string of the molecule is COCC(=O)Nc1cccc(NC(=O)C(CC(C)C)NC(=O)c2ccc(Cl)cc2)c1. The summed E-state index contributed by atoms with van der Waals surface area (Å²) in [7, 11) is 1.43. The van der Waals surface area contributed by atoms with Crippen LogP contribution in [0, 0.1) is 5.92 Å². The van der Waals surface area contributed by atoms with E-state index in [1.165, 1.54) is 7.11 Å². The summed E-state index contributed by atoms with van der Waals surface area (Å²) in [6, 6.07) is 12.5. The summed E-state index contributed by atoms with van der Waals surface area (Å²) in [5.41, 5.74) is 1.45. The molecule has 7 nitrogen and oxygen atoms in total. The predicted octanol–water partition coefficient (Wildman–Crippen LogP) is 3.71. The summed E-state index contributed by atoms with van der Waals surface area (Å²) in [6.45, 7) is 3.88. The van der Waals surface area contributed by atoms with Crippen LogP contribution in [-0.4, -0.2) is 37.5 Å². The second kappa shape index (κ2) is 11.3. The van der Waals surface area contributed by atoms with E-state index in [1.54, 1.807) is 48.5 Å². The summed E-state index contributed by atoms with van der Waals surface area (Å²) in [4.78, 5) is 37.1. The highest BCUT2D eigenvalue weighted by Crippen LogP contribution is 2.17. The Balaban J connectivity index is 2.08. The molecule has 0 bridgehead atoms. The van der Waals surface area contributed by atoms with Gasteiger partial charge in [-0.15, -0.1) is 0 Å². The van der Waals surface area contributed by atoms with Gasteiger partial charge in [0.2, 0.25) is 11.8 Å². The van der Waals surface area contributed by atoms with E-state index in [9.17, 15) is 14.4 Å². The number of carbonyl (C=O) groups excluding carboxylic acids is 3. The quantitative estimate of drug-likeness (QED) is 0.563. The predicted molar refractivity (Wildman–Crippen MR) is 118 cm³/mol. The van der Waals surface area contributed by atoms with Crippen LogP contribution >= 0.6 is 11.6 Å². The Morgan fingerprint density at radius 2 is 1.63 bits per heavy atom. The minimum Gasteiger partial charge on any atom is -0.375 e. The maximum atomic E-state index is 12.9. The van der Waals surface area contributed by atoms with Crippen LogP contribution < -0.4 is 16.0 Å². The van der Waals surface area contributed by atoms with Gasteiger partial charge in [0, 0.05) is 29.1 Å². The molecular formula is C22H26ClN3O4. The van der Waals surface area contributed by atoms with Gasteiger partial charge in [-0.25, -0.2) is 0 Å².